The van der Waals surface area contributed by atoms with Crippen molar-refractivity contribution in [1.29, 1.82) is 0 Å². The molecule has 100 valence electrons. The second kappa shape index (κ2) is 5.83. The predicted molar refractivity (Wildman–Crippen MR) is 76.6 cm³/mol. The molecule has 1 aromatic rings. The van der Waals surface area contributed by atoms with Crippen molar-refractivity contribution in [3.8, 4) is 0 Å². The van der Waals surface area contributed by atoms with Gasteiger partial charge < -0.3 is 10.6 Å². The quantitative estimate of drug-likeness (QED) is 0.878. The average Bonchev–Trinajstić information content (AvgIpc) is 2.82. The number of rotatable bonds is 4. The highest BCUT2D eigenvalue weighted by Gasteiger charge is 2.29. The number of hydrogen-bond acceptors (Lipinski definition) is 3. The molecule has 0 amide bonds. The van der Waals surface area contributed by atoms with Crippen molar-refractivity contribution < 1.29 is 0 Å². The van der Waals surface area contributed by atoms with E-state index in [-0.39, 0.29) is 0 Å². The van der Waals surface area contributed by atoms with E-state index in [1.807, 2.05) is 0 Å². The van der Waals surface area contributed by atoms with Crippen molar-refractivity contribution in [2.45, 2.75) is 25.4 Å². The summed E-state index contributed by atoms with van der Waals surface area (Å²) in [5.41, 5.74) is 8.76. The Morgan fingerprint density at radius 1 is 1.39 bits per heavy atom. The highest BCUT2D eigenvalue weighted by atomic mass is 15.2. The zero-order valence-corrected chi connectivity index (χ0v) is 11.8. The van der Waals surface area contributed by atoms with Crippen LogP contribution in [0.2, 0.25) is 0 Å². The van der Waals surface area contributed by atoms with Gasteiger partial charge in [0.15, 0.2) is 0 Å². The molecule has 0 spiro atoms. The minimum atomic E-state index is 0.371. The molecule has 0 aromatic heterocycles. The van der Waals surface area contributed by atoms with Crippen molar-refractivity contribution >= 4 is 0 Å². The average molecular weight is 247 g/mol. The van der Waals surface area contributed by atoms with Crippen LogP contribution in [0.3, 0.4) is 0 Å². The van der Waals surface area contributed by atoms with Gasteiger partial charge in [-0.2, -0.15) is 0 Å². The molecule has 18 heavy (non-hydrogen) atoms. The van der Waals surface area contributed by atoms with Crippen LogP contribution in [-0.2, 0) is 0 Å². The lowest BCUT2D eigenvalue weighted by Crippen LogP contribution is -2.36. The summed E-state index contributed by atoms with van der Waals surface area (Å²) in [4.78, 5) is 4.86. The van der Waals surface area contributed by atoms with Gasteiger partial charge in [0.05, 0.1) is 0 Å². The smallest absolute Gasteiger partial charge is 0.0473 e. The van der Waals surface area contributed by atoms with Crippen LogP contribution in [0.4, 0.5) is 0 Å². The third-order valence-electron chi connectivity index (χ3n) is 4.14. The molecular weight excluding hydrogens is 222 g/mol. The van der Waals surface area contributed by atoms with E-state index in [0.29, 0.717) is 18.6 Å². The molecule has 3 nitrogen and oxygen atoms in total. The van der Waals surface area contributed by atoms with Crippen molar-refractivity contribution in [3.63, 3.8) is 0 Å². The van der Waals surface area contributed by atoms with Crippen LogP contribution in [0.5, 0.6) is 0 Å². The van der Waals surface area contributed by atoms with E-state index in [4.69, 9.17) is 5.73 Å². The normalized spacial score (nSPS) is 22.6. The van der Waals surface area contributed by atoms with Crippen molar-refractivity contribution in [3.05, 3.63) is 35.4 Å². The van der Waals surface area contributed by atoms with E-state index in [1.54, 1.807) is 0 Å². The molecule has 3 heteroatoms. The SMILES string of the molecule is Cc1ccccc1C(CN)N1CCC(N(C)C)C1. The summed E-state index contributed by atoms with van der Waals surface area (Å²) >= 11 is 0. The topological polar surface area (TPSA) is 32.5 Å². The van der Waals surface area contributed by atoms with Gasteiger partial charge in [-0.3, -0.25) is 4.90 Å². The van der Waals surface area contributed by atoms with Gasteiger partial charge in [0.1, 0.15) is 0 Å². The molecule has 2 unspecified atom stereocenters. The van der Waals surface area contributed by atoms with Gasteiger partial charge in [-0.25, -0.2) is 0 Å². The van der Waals surface area contributed by atoms with Gasteiger partial charge in [-0.1, -0.05) is 24.3 Å². The highest BCUT2D eigenvalue weighted by Crippen LogP contribution is 2.27. The largest absolute Gasteiger partial charge is 0.329 e. The van der Waals surface area contributed by atoms with Crippen LogP contribution in [-0.4, -0.2) is 49.6 Å². The van der Waals surface area contributed by atoms with E-state index < -0.39 is 0 Å². The van der Waals surface area contributed by atoms with Crippen LogP contribution in [0, 0.1) is 6.92 Å². The summed E-state index contributed by atoms with van der Waals surface area (Å²) in [6.07, 6.45) is 1.25. The maximum absolute atomic E-state index is 6.02. The Bertz CT molecular complexity index is 389. The lowest BCUT2D eigenvalue weighted by Gasteiger charge is -2.29. The number of nitrogens with zero attached hydrogens (tertiary/aromatic N) is 2. The predicted octanol–water partition coefficient (Wildman–Crippen LogP) is 1.63. The molecule has 0 aliphatic carbocycles. The second-order valence-corrected chi connectivity index (χ2v) is 5.51. The van der Waals surface area contributed by atoms with Crippen LogP contribution in [0.15, 0.2) is 24.3 Å². The molecule has 1 aliphatic heterocycles. The van der Waals surface area contributed by atoms with E-state index in [0.717, 1.165) is 13.1 Å². The summed E-state index contributed by atoms with van der Waals surface area (Å²) in [5, 5.41) is 0. The molecule has 1 aromatic carbocycles. The number of likely N-dealkylation sites (N-methyl/N-ethyl adjacent to an activating group) is 1. The first kappa shape index (κ1) is 13.5. The molecule has 2 rings (SSSR count). The fourth-order valence-corrected chi connectivity index (χ4v) is 2.91. The Morgan fingerprint density at radius 2 is 2.11 bits per heavy atom. The minimum Gasteiger partial charge on any atom is -0.329 e. The first-order valence-electron chi connectivity index (χ1n) is 6.79. The van der Waals surface area contributed by atoms with Crippen LogP contribution < -0.4 is 5.73 Å². The third-order valence-corrected chi connectivity index (χ3v) is 4.14. The summed E-state index contributed by atoms with van der Waals surface area (Å²) in [5.74, 6) is 0. The first-order valence-corrected chi connectivity index (χ1v) is 6.79. The molecule has 1 aliphatic rings. The van der Waals surface area contributed by atoms with Crippen molar-refractivity contribution in [2.75, 3.05) is 33.7 Å². The molecule has 1 heterocycles. The first-order chi connectivity index (χ1) is 8.63. The third kappa shape index (κ3) is 2.74. The Kier molecular flexibility index (Phi) is 4.38. The number of nitrogens with two attached hydrogens (primary N) is 1. The monoisotopic (exact) mass is 247 g/mol. The van der Waals surface area contributed by atoms with Crippen LogP contribution in [0.1, 0.15) is 23.6 Å². The summed E-state index contributed by atoms with van der Waals surface area (Å²) < 4.78 is 0. The summed E-state index contributed by atoms with van der Waals surface area (Å²) in [6.45, 7) is 5.16. The van der Waals surface area contributed by atoms with Crippen LogP contribution in [0.25, 0.3) is 0 Å². The zero-order valence-electron chi connectivity index (χ0n) is 11.8. The van der Waals surface area contributed by atoms with Gasteiger partial charge in [0.25, 0.3) is 0 Å². The van der Waals surface area contributed by atoms with Crippen molar-refractivity contribution in [2.24, 2.45) is 5.73 Å². The Balaban J connectivity index is 2.13. The fraction of sp³-hybridized carbons (Fsp3) is 0.600. The zero-order chi connectivity index (χ0) is 13.1. The molecule has 0 radical (unpaired) electrons. The minimum absolute atomic E-state index is 0.371. The summed E-state index contributed by atoms with van der Waals surface area (Å²) in [6, 6.07) is 9.65. The molecule has 0 saturated carbocycles. The molecule has 0 bridgehead atoms. The Hall–Kier alpha value is -0.900. The Morgan fingerprint density at radius 3 is 2.67 bits per heavy atom. The molecular formula is C15H25N3. The highest BCUT2D eigenvalue weighted by molar-refractivity contribution is 5.29. The van der Waals surface area contributed by atoms with Crippen molar-refractivity contribution in [1.82, 2.24) is 9.80 Å². The van der Waals surface area contributed by atoms with Crippen LogP contribution >= 0.6 is 0 Å². The standard InChI is InChI=1S/C15H25N3/c1-12-6-4-5-7-14(12)15(10-16)18-9-8-13(11-18)17(2)3/h4-7,13,15H,8-11,16H2,1-3H3. The molecule has 1 fully saturated rings. The van der Waals surface area contributed by atoms with Gasteiger partial charge in [-0.05, 0) is 38.6 Å². The maximum Gasteiger partial charge on any atom is 0.0473 e. The molecule has 2 N–H and O–H groups in total. The second-order valence-electron chi connectivity index (χ2n) is 5.51. The van der Waals surface area contributed by atoms with Gasteiger partial charge in [-0.15, -0.1) is 0 Å². The molecule has 2 atom stereocenters. The fourth-order valence-electron chi connectivity index (χ4n) is 2.91. The van der Waals surface area contributed by atoms with E-state index >= 15 is 0 Å². The number of likely N-dealkylation sites (tertiary alicyclic amines) is 1. The number of benzene rings is 1. The van der Waals surface area contributed by atoms with E-state index in [1.165, 1.54) is 17.5 Å². The van der Waals surface area contributed by atoms with Gasteiger partial charge >= 0.3 is 0 Å². The Labute approximate surface area is 111 Å². The number of hydrogen-bond donors (Lipinski definition) is 1. The maximum atomic E-state index is 6.02. The van der Waals surface area contributed by atoms with E-state index in [9.17, 15) is 0 Å². The lowest BCUT2D eigenvalue weighted by atomic mass is 10.0. The summed E-state index contributed by atoms with van der Waals surface area (Å²) in [7, 11) is 4.33. The van der Waals surface area contributed by atoms with Gasteiger partial charge in [0.2, 0.25) is 0 Å². The lowest BCUT2D eigenvalue weighted by molar-refractivity contribution is 0.220. The van der Waals surface area contributed by atoms with Gasteiger partial charge in [0, 0.05) is 31.7 Å². The molecule has 1 saturated heterocycles. The number of aryl methyl sites for hydroxylation is 1. The van der Waals surface area contributed by atoms with E-state index in [2.05, 4.69) is 55.1 Å².